The largest absolute Gasteiger partial charge is 0.710 e. The highest BCUT2D eigenvalue weighted by Crippen LogP contribution is 2.22. The molecule has 0 N–H and O–H groups in total. The van der Waals surface area contributed by atoms with Crippen LogP contribution in [0.4, 0.5) is 16.5 Å². The Morgan fingerprint density at radius 1 is 1.17 bits per heavy atom. The number of aromatic nitrogens is 1. The number of hydrogen-bond acceptors (Lipinski definition) is 5. The first-order chi connectivity index (χ1) is 8.58. The molecule has 0 saturated carbocycles. The monoisotopic (exact) mass is 262 g/mol. The quantitative estimate of drug-likeness (QED) is 0.484. The van der Waals surface area contributed by atoms with Gasteiger partial charge in [0, 0.05) is 25.2 Å². The molecule has 0 radical (unpaired) electrons. The van der Waals surface area contributed by atoms with E-state index in [9.17, 15) is 5.21 Å². The maximum absolute atomic E-state index is 11.5. The average molecular weight is 262 g/mol. The van der Waals surface area contributed by atoms with Gasteiger partial charge in [-0.2, -0.15) is 0 Å². The van der Waals surface area contributed by atoms with Gasteiger partial charge in [0.2, 0.25) is 0 Å². The fourth-order valence-corrected chi connectivity index (χ4v) is 2.07. The van der Waals surface area contributed by atoms with Crippen LogP contribution in [0, 0.1) is 12.1 Å². The highest BCUT2D eigenvalue weighted by Gasteiger charge is 2.09. The third-order valence-electron chi connectivity index (χ3n) is 2.45. The Kier molecular flexibility index (Phi) is 3.57. The van der Waals surface area contributed by atoms with Crippen LogP contribution in [0.15, 0.2) is 39.9 Å². The molecule has 0 aliphatic heterocycles. The number of benzene rings is 1. The van der Waals surface area contributed by atoms with Gasteiger partial charge in [-0.15, -0.1) is 0 Å². The molecular formula is C12H14N4OS. The molecule has 0 fully saturated rings. The highest BCUT2D eigenvalue weighted by atomic mass is 32.1. The van der Waals surface area contributed by atoms with E-state index in [0.29, 0.717) is 10.8 Å². The second kappa shape index (κ2) is 5.14. The van der Waals surface area contributed by atoms with Crippen LogP contribution in [-0.2, 0) is 0 Å². The molecule has 0 amide bonds. The van der Waals surface area contributed by atoms with E-state index in [-0.39, 0.29) is 0 Å². The van der Waals surface area contributed by atoms with Crippen molar-refractivity contribution in [2.24, 2.45) is 10.2 Å². The number of rotatable bonds is 3. The summed E-state index contributed by atoms with van der Waals surface area (Å²) in [4.78, 5) is 2.01. The Hall–Kier alpha value is -1.95. The molecule has 2 aromatic rings. The van der Waals surface area contributed by atoms with Crippen molar-refractivity contribution in [3.63, 3.8) is 0 Å². The Morgan fingerprint density at radius 2 is 1.83 bits per heavy atom. The highest BCUT2D eigenvalue weighted by molar-refractivity contribution is 7.12. The third-order valence-corrected chi connectivity index (χ3v) is 3.36. The van der Waals surface area contributed by atoms with Gasteiger partial charge in [0.05, 0.1) is 5.11 Å². The lowest BCUT2D eigenvalue weighted by Gasteiger charge is -2.11. The molecule has 0 unspecified atom stereocenters. The average Bonchev–Trinajstić information content (AvgIpc) is 2.68. The van der Waals surface area contributed by atoms with Crippen LogP contribution in [0.25, 0.3) is 0 Å². The molecule has 0 atom stereocenters. The molecule has 94 valence electrons. The summed E-state index contributed by atoms with van der Waals surface area (Å²) < 4.78 is 0.780. The lowest BCUT2D eigenvalue weighted by molar-refractivity contribution is -0.593. The molecule has 2 rings (SSSR count). The maximum atomic E-state index is 11.5. The minimum atomic E-state index is 0.351. The predicted molar refractivity (Wildman–Crippen MR) is 73.0 cm³/mol. The van der Waals surface area contributed by atoms with Crippen molar-refractivity contribution in [3.8, 4) is 0 Å². The summed E-state index contributed by atoms with van der Waals surface area (Å²) in [6.45, 7) is 1.74. The molecule has 6 heteroatoms. The molecule has 0 bridgehead atoms. The summed E-state index contributed by atoms with van der Waals surface area (Å²) in [5.41, 5.74) is 2.46. The summed E-state index contributed by atoms with van der Waals surface area (Å²) in [5.74, 6) is 0. The van der Waals surface area contributed by atoms with Gasteiger partial charge in [0.1, 0.15) is 11.4 Å². The van der Waals surface area contributed by atoms with E-state index < -0.39 is 0 Å². The van der Waals surface area contributed by atoms with E-state index in [1.807, 2.05) is 43.3 Å². The number of aryl methyl sites for hydroxylation is 1. The Morgan fingerprint density at radius 3 is 2.33 bits per heavy atom. The van der Waals surface area contributed by atoms with E-state index in [2.05, 4.69) is 10.2 Å². The van der Waals surface area contributed by atoms with Gasteiger partial charge < -0.3 is 10.1 Å². The number of anilines is 1. The summed E-state index contributed by atoms with van der Waals surface area (Å²) >= 11 is 1.29. The smallest absolute Gasteiger partial charge is 0.411 e. The second-order valence-corrected chi connectivity index (χ2v) is 4.90. The Bertz CT molecular complexity index is 560. The molecule has 5 nitrogen and oxygen atoms in total. The van der Waals surface area contributed by atoms with Crippen LogP contribution in [0.1, 0.15) is 5.69 Å². The van der Waals surface area contributed by atoms with Crippen LogP contribution in [0.3, 0.4) is 0 Å². The number of nitrogens with zero attached hydrogens (tertiary/aromatic N) is 4. The zero-order chi connectivity index (χ0) is 13.1. The minimum absolute atomic E-state index is 0.351. The van der Waals surface area contributed by atoms with Crippen LogP contribution in [0.2, 0.25) is 0 Å². The number of thiazole rings is 1. The van der Waals surface area contributed by atoms with Gasteiger partial charge >= 0.3 is 5.13 Å². The van der Waals surface area contributed by atoms with Crippen molar-refractivity contribution in [1.82, 2.24) is 0 Å². The van der Waals surface area contributed by atoms with Crippen molar-refractivity contribution in [2.45, 2.75) is 6.92 Å². The number of hydrogen-bond donors (Lipinski definition) is 0. The first-order valence-electron chi connectivity index (χ1n) is 5.44. The second-order valence-electron chi connectivity index (χ2n) is 4.06. The molecule has 0 saturated heterocycles. The Labute approximate surface area is 110 Å². The van der Waals surface area contributed by atoms with Crippen LogP contribution in [0.5, 0.6) is 0 Å². The molecule has 1 aromatic heterocycles. The normalized spacial score (nSPS) is 11.1. The fraction of sp³-hybridized carbons (Fsp3) is 0.250. The zero-order valence-corrected chi connectivity index (χ0v) is 11.3. The van der Waals surface area contributed by atoms with Gasteiger partial charge in [-0.3, -0.25) is 0 Å². The van der Waals surface area contributed by atoms with E-state index in [1.165, 1.54) is 11.3 Å². The standard InChI is InChI=1S/C12H14N4OS/c1-9-8-18-12(16(9)17)14-13-10-4-6-11(7-5-10)15(2)3/h4-8H,1-3H3. The van der Waals surface area contributed by atoms with Gasteiger partial charge in [-0.25, -0.2) is 4.73 Å². The lowest BCUT2D eigenvalue weighted by atomic mass is 10.3. The predicted octanol–water partition coefficient (Wildman–Crippen LogP) is 3.17. The Balaban J connectivity index is 2.16. The van der Waals surface area contributed by atoms with Crippen LogP contribution in [-0.4, -0.2) is 14.1 Å². The maximum Gasteiger partial charge on any atom is 0.411 e. The van der Waals surface area contributed by atoms with Crippen molar-refractivity contribution >= 4 is 27.8 Å². The van der Waals surface area contributed by atoms with Gasteiger partial charge in [0.15, 0.2) is 0 Å². The fourth-order valence-electron chi connectivity index (χ4n) is 1.37. The third kappa shape index (κ3) is 2.65. The minimum Gasteiger partial charge on any atom is -0.710 e. The van der Waals surface area contributed by atoms with Crippen molar-refractivity contribution in [2.75, 3.05) is 19.0 Å². The number of azo groups is 1. The SMILES string of the molecule is Cc1csc(N=Nc2ccc(N(C)C)cc2)[n+]1[O-]. The van der Waals surface area contributed by atoms with Crippen molar-refractivity contribution < 1.29 is 4.73 Å². The first kappa shape index (κ1) is 12.5. The molecule has 0 aliphatic rings. The van der Waals surface area contributed by atoms with E-state index in [0.717, 1.165) is 16.1 Å². The summed E-state index contributed by atoms with van der Waals surface area (Å²) in [6, 6.07) is 7.65. The summed E-state index contributed by atoms with van der Waals surface area (Å²) in [6.07, 6.45) is 0. The zero-order valence-electron chi connectivity index (χ0n) is 10.5. The van der Waals surface area contributed by atoms with Crippen LogP contribution < -0.4 is 9.63 Å². The molecule has 1 aromatic carbocycles. The summed E-state index contributed by atoms with van der Waals surface area (Å²) in [5, 5.41) is 21.6. The van der Waals surface area contributed by atoms with Gasteiger partial charge in [-0.05, 0) is 47.6 Å². The molecular weight excluding hydrogens is 248 g/mol. The van der Waals surface area contributed by atoms with Crippen LogP contribution >= 0.6 is 11.3 Å². The lowest BCUT2D eigenvalue weighted by Crippen LogP contribution is -2.26. The molecule has 0 spiro atoms. The van der Waals surface area contributed by atoms with Gasteiger partial charge in [-0.1, -0.05) is 0 Å². The molecule has 1 heterocycles. The van der Waals surface area contributed by atoms with Gasteiger partial charge in [0.25, 0.3) is 0 Å². The first-order valence-corrected chi connectivity index (χ1v) is 6.32. The van der Waals surface area contributed by atoms with E-state index in [4.69, 9.17) is 0 Å². The van der Waals surface area contributed by atoms with Crippen molar-refractivity contribution in [3.05, 3.63) is 40.5 Å². The molecule has 0 aliphatic carbocycles. The summed E-state index contributed by atoms with van der Waals surface area (Å²) in [7, 11) is 3.95. The van der Waals surface area contributed by atoms with E-state index in [1.54, 1.807) is 12.3 Å². The van der Waals surface area contributed by atoms with E-state index >= 15 is 0 Å². The van der Waals surface area contributed by atoms with Crippen molar-refractivity contribution in [1.29, 1.82) is 0 Å². The molecule has 18 heavy (non-hydrogen) atoms. The topological polar surface area (TPSA) is 54.9 Å².